The minimum Gasteiger partial charge on any atom is -0.398 e. The van der Waals surface area contributed by atoms with Gasteiger partial charge in [-0.1, -0.05) is 38.5 Å². The fourth-order valence-corrected chi connectivity index (χ4v) is 5.32. The van der Waals surface area contributed by atoms with Crippen molar-refractivity contribution in [3.8, 4) is 0 Å². The first-order chi connectivity index (χ1) is 8.22. The minimum atomic E-state index is -1.82. The van der Waals surface area contributed by atoms with Crippen LogP contribution in [0.2, 0.25) is 12.6 Å². The molecule has 2 nitrogen and oxygen atoms in total. The lowest BCUT2D eigenvalue weighted by atomic mass is 10.0. The van der Waals surface area contributed by atoms with E-state index in [9.17, 15) is 0 Å². The molecule has 0 aliphatic heterocycles. The summed E-state index contributed by atoms with van der Waals surface area (Å²) in [5, 5.41) is 0. The molecule has 0 bridgehead atoms. The summed E-state index contributed by atoms with van der Waals surface area (Å²) in [6.45, 7) is 3.21. The molecule has 0 aromatic rings. The van der Waals surface area contributed by atoms with Crippen molar-refractivity contribution in [2.75, 3.05) is 13.7 Å². The highest BCUT2D eigenvalue weighted by molar-refractivity contribution is 6.66. The molecule has 1 atom stereocenters. The van der Waals surface area contributed by atoms with E-state index in [1.54, 1.807) is 0 Å². The zero-order valence-corrected chi connectivity index (χ0v) is 12.5. The van der Waals surface area contributed by atoms with E-state index >= 15 is 0 Å². The molecule has 0 aromatic carbocycles. The predicted octanol–water partition coefficient (Wildman–Crippen LogP) is 4.10. The van der Waals surface area contributed by atoms with Crippen LogP contribution >= 0.6 is 0 Å². The average Bonchev–Trinajstić information content (AvgIpc) is 3.13. The Morgan fingerprint density at radius 2 is 1.59 bits per heavy atom. The van der Waals surface area contributed by atoms with Gasteiger partial charge in [-0.25, -0.2) is 0 Å². The monoisotopic (exact) mass is 256 g/mol. The third kappa shape index (κ3) is 4.72. The van der Waals surface area contributed by atoms with Crippen molar-refractivity contribution in [1.29, 1.82) is 0 Å². The first-order valence-electron chi connectivity index (χ1n) is 7.41. The second-order valence-corrected chi connectivity index (χ2v) is 9.53. The molecule has 2 aliphatic carbocycles. The van der Waals surface area contributed by atoms with Gasteiger partial charge in [0.25, 0.3) is 0 Å². The van der Waals surface area contributed by atoms with Crippen LogP contribution in [0.4, 0.5) is 0 Å². The predicted molar refractivity (Wildman–Crippen MR) is 73.3 cm³/mol. The molecule has 17 heavy (non-hydrogen) atoms. The van der Waals surface area contributed by atoms with Gasteiger partial charge in [0, 0.05) is 13.7 Å². The van der Waals surface area contributed by atoms with E-state index in [0.29, 0.717) is 0 Å². The van der Waals surface area contributed by atoms with Gasteiger partial charge in [-0.2, -0.15) is 0 Å². The Labute approximate surface area is 107 Å². The topological polar surface area (TPSA) is 18.5 Å². The van der Waals surface area contributed by atoms with E-state index in [0.717, 1.165) is 18.4 Å². The molecule has 100 valence electrons. The molecule has 0 saturated heterocycles. The molecule has 0 spiro atoms. The Morgan fingerprint density at radius 3 is 2.12 bits per heavy atom. The zero-order chi connectivity index (χ0) is 12.1. The molecule has 0 aromatic heterocycles. The summed E-state index contributed by atoms with van der Waals surface area (Å²) in [6, 6.07) is 1.22. The third-order valence-corrected chi connectivity index (χ3v) is 7.35. The molecule has 0 amide bonds. The van der Waals surface area contributed by atoms with E-state index in [1.165, 1.54) is 57.4 Å². The molecule has 2 rings (SSSR count). The van der Waals surface area contributed by atoms with Gasteiger partial charge in [0.1, 0.15) is 0 Å². The van der Waals surface area contributed by atoms with Gasteiger partial charge in [0.05, 0.1) is 0 Å². The SMILES string of the molecule is CO[Si](C)(CC1CC1)OCC1CCCCCC1. The summed E-state index contributed by atoms with van der Waals surface area (Å²) in [6.07, 6.45) is 11.2. The number of hydrogen-bond acceptors (Lipinski definition) is 2. The molecule has 2 fully saturated rings. The van der Waals surface area contributed by atoms with Gasteiger partial charge in [0.15, 0.2) is 0 Å². The molecule has 3 heteroatoms. The van der Waals surface area contributed by atoms with Gasteiger partial charge in [0.2, 0.25) is 0 Å². The molecular formula is C14H28O2Si. The van der Waals surface area contributed by atoms with Gasteiger partial charge in [-0.3, -0.25) is 0 Å². The normalized spacial score (nSPS) is 26.5. The maximum absolute atomic E-state index is 6.24. The maximum Gasteiger partial charge on any atom is 0.334 e. The highest BCUT2D eigenvalue weighted by Crippen LogP contribution is 2.38. The molecule has 2 saturated carbocycles. The van der Waals surface area contributed by atoms with Crippen LogP contribution in [0.25, 0.3) is 0 Å². The van der Waals surface area contributed by atoms with Crippen molar-refractivity contribution in [1.82, 2.24) is 0 Å². The fraction of sp³-hybridized carbons (Fsp3) is 1.00. The summed E-state index contributed by atoms with van der Waals surface area (Å²) in [5.74, 6) is 1.72. The molecular weight excluding hydrogens is 228 g/mol. The lowest BCUT2D eigenvalue weighted by molar-refractivity contribution is 0.162. The summed E-state index contributed by atoms with van der Waals surface area (Å²) in [5.41, 5.74) is 0. The third-order valence-electron chi connectivity index (χ3n) is 4.39. The van der Waals surface area contributed by atoms with E-state index in [4.69, 9.17) is 8.85 Å². The first kappa shape index (κ1) is 13.6. The Morgan fingerprint density at radius 1 is 0.941 bits per heavy atom. The van der Waals surface area contributed by atoms with Gasteiger partial charge >= 0.3 is 8.56 Å². The molecule has 1 unspecified atom stereocenters. The van der Waals surface area contributed by atoms with Crippen molar-refractivity contribution >= 4 is 8.56 Å². The second kappa shape index (κ2) is 6.35. The van der Waals surface area contributed by atoms with Crippen LogP contribution in [-0.2, 0) is 8.85 Å². The Hall–Kier alpha value is 0.137. The molecule has 2 aliphatic rings. The van der Waals surface area contributed by atoms with E-state index in [1.807, 2.05) is 7.11 Å². The van der Waals surface area contributed by atoms with Crippen molar-refractivity contribution in [2.24, 2.45) is 11.8 Å². The number of hydrogen-bond donors (Lipinski definition) is 0. The summed E-state index contributed by atoms with van der Waals surface area (Å²) in [7, 11) is 0.0245. The van der Waals surface area contributed by atoms with E-state index in [2.05, 4.69) is 6.55 Å². The molecule has 0 N–H and O–H groups in total. The number of rotatable bonds is 6. The Balaban J connectivity index is 1.73. The lowest BCUT2D eigenvalue weighted by Crippen LogP contribution is -2.39. The minimum absolute atomic E-state index is 0.804. The van der Waals surface area contributed by atoms with Crippen LogP contribution in [0.5, 0.6) is 0 Å². The fourth-order valence-electron chi connectivity index (χ4n) is 2.87. The Bertz CT molecular complexity index is 222. The summed E-state index contributed by atoms with van der Waals surface area (Å²) >= 11 is 0. The van der Waals surface area contributed by atoms with Crippen molar-refractivity contribution in [3.05, 3.63) is 0 Å². The van der Waals surface area contributed by atoms with Crippen LogP contribution in [0, 0.1) is 11.8 Å². The van der Waals surface area contributed by atoms with Crippen LogP contribution in [0.1, 0.15) is 51.4 Å². The maximum atomic E-state index is 6.24. The van der Waals surface area contributed by atoms with E-state index in [-0.39, 0.29) is 0 Å². The smallest absolute Gasteiger partial charge is 0.334 e. The zero-order valence-electron chi connectivity index (χ0n) is 11.5. The van der Waals surface area contributed by atoms with Gasteiger partial charge in [-0.15, -0.1) is 0 Å². The highest BCUT2D eigenvalue weighted by atomic mass is 28.4. The summed E-state index contributed by atoms with van der Waals surface area (Å²) < 4.78 is 12.0. The quantitative estimate of drug-likeness (QED) is 0.526. The second-order valence-electron chi connectivity index (χ2n) is 6.15. The highest BCUT2D eigenvalue weighted by Gasteiger charge is 2.38. The molecule has 0 radical (unpaired) electrons. The van der Waals surface area contributed by atoms with Gasteiger partial charge < -0.3 is 8.85 Å². The van der Waals surface area contributed by atoms with Crippen molar-refractivity contribution < 1.29 is 8.85 Å². The van der Waals surface area contributed by atoms with E-state index < -0.39 is 8.56 Å². The van der Waals surface area contributed by atoms with Gasteiger partial charge in [-0.05, 0) is 37.3 Å². The lowest BCUT2D eigenvalue weighted by Gasteiger charge is -2.27. The largest absolute Gasteiger partial charge is 0.398 e. The van der Waals surface area contributed by atoms with Crippen LogP contribution in [0.15, 0.2) is 0 Å². The van der Waals surface area contributed by atoms with Crippen LogP contribution in [0.3, 0.4) is 0 Å². The van der Waals surface area contributed by atoms with Crippen LogP contribution < -0.4 is 0 Å². The van der Waals surface area contributed by atoms with Crippen LogP contribution in [-0.4, -0.2) is 22.3 Å². The summed E-state index contributed by atoms with van der Waals surface area (Å²) in [4.78, 5) is 0. The molecule has 0 heterocycles. The van der Waals surface area contributed by atoms with Crippen molar-refractivity contribution in [3.63, 3.8) is 0 Å². The van der Waals surface area contributed by atoms with Crippen molar-refractivity contribution in [2.45, 2.75) is 64.0 Å². The standard InChI is InChI=1S/C14H28O2Si/c1-15-17(2,12-14-9-10-14)16-11-13-7-5-3-4-6-8-13/h13-14H,3-12H2,1-2H3. The first-order valence-corrected chi connectivity index (χ1v) is 9.93. The Kier molecular flexibility index (Phi) is 5.06. The average molecular weight is 256 g/mol.